The van der Waals surface area contributed by atoms with Gasteiger partial charge in [-0.15, -0.1) is 0 Å². The minimum absolute atomic E-state index is 0.0474. The van der Waals surface area contributed by atoms with Crippen LogP contribution in [0, 0.1) is 5.92 Å². The number of hydrogen-bond donors (Lipinski definition) is 2. The number of hydrogen-bond acceptors (Lipinski definition) is 5. The van der Waals surface area contributed by atoms with E-state index in [4.69, 9.17) is 9.47 Å². The third kappa shape index (κ3) is 3.70. The number of methoxy groups -OCH3 is 1. The van der Waals surface area contributed by atoms with E-state index in [-0.39, 0.29) is 17.6 Å². The number of phenols is 1. The van der Waals surface area contributed by atoms with Crippen molar-refractivity contribution in [2.45, 2.75) is 44.8 Å². The van der Waals surface area contributed by atoms with E-state index in [1.807, 2.05) is 0 Å². The van der Waals surface area contributed by atoms with Crippen LogP contribution in [0.2, 0.25) is 0 Å². The lowest BCUT2D eigenvalue weighted by Gasteiger charge is -2.31. The number of aliphatic imine (C=N–C) groups is 1. The van der Waals surface area contributed by atoms with E-state index in [1.54, 1.807) is 19.1 Å². The van der Waals surface area contributed by atoms with Crippen molar-refractivity contribution < 1.29 is 24.2 Å². The highest BCUT2D eigenvalue weighted by Gasteiger charge is 2.39. The maximum atomic E-state index is 12.8. The molecule has 0 radical (unpaired) electrons. The van der Waals surface area contributed by atoms with Gasteiger partial charge in [0.1, 0.15) is 12.0 Å². The molecule has 2 N–H and O–H groups in total. The number of urea groups is 1. The van der Waals surface area contributed by atoms with Crippen molar-refractivity contribution >= 4 is 33.6 Å². The Hall–Kier alpha value is -2.09. The minimum Gasteiger partial charge on any atom is -0.503 e. The van der Waals surface area contributed by atoms with Crippen LogP contribution in [0.4, 0.5) is 4.79 Å². The molecule has 0 spiro atoms. The molecule has 0 aromatic heterocycles. The second kappa shape index (κ2) is 7.65. The van der Waals surface area contributed by atoms with Crippen molar-refractivity contribution in [3.8, 4) is 11.5 Å². The van der Waals surface area contributed by atoms with Crippen molar-refractivity contribution in [1.29, 1.82) is 0 Å². The summed E-state index contributed by atoms with van der Waals surface area (Å²) in [5.41, 5.74) is 1.02. The molecule has 140 valence electrons. The van der Waals surface area contributed by atoms with E-state index in [1.165, 1.54) is 7.11 Å². The second-order valence-electron chi connectivity index (χ2n) is 6.55. The lowest BCUT2D eigenvalue weighted by Crippen LogP contribution is -2.44. The zero-order chi connectivity index (χ0) is 18.8. The average molecular weight is 425 g/mol. The number of phenolic OH excluding ortho intramolecular Hbond substituents is 1. The summed E-state index contributed by atoms with van der Waals surface area (Å²) in [5, 5.41) is 12.7. The molecule has 1 heterocycles. The predicted octanol–water partition coefficient (Wildman–Crippen LogP) is 3.49. The van der Waals surface area contributed by atoms with Gasteiger partial charge in [0, 0.05) is 5.71 Å². The Morgan fingerprint density at radius 2 is 2.04 bits per heavy atom. The summed E-state index contributed by atoms with van der Waals surface area (Å²) in [6.45, 7) is 1.65. The Morgan fingerprint density at radius 1 is 1.35 bits per heavy atom. The van der Waals surface area contributed by atoms with Crippen molar-refractivity contribution in [3.63, 3.8) is 0 Å². The van der Waals surface area contributed by atoms with Crippen molar-refractivity contribution in [2.75, 3.05) is 7.11 Å². The molecule has 1 fully saturated rings. The van der Waals surface area contributed by atoms with Gasteiger partial charge < -0.3 is 19.9 Å². The standard InChI is InChI=1S/C18H21BrN2O5/c1-9-14(17(23)26-11-5-3-4-6-11)15(21-18(24)20-9)10-7-12(19)16(22)13(8-10)25-2/h7-8,11,14-15,22H,3-6H2,1-2H3,(H,21,24). The highest BCUT2D eigenvalue weighted by Crippen LogP contribution is 2.39. The molecule has 2 unspecified atom stereocenters. The summed E-state index contributed by atoms with van der Waals surface area (Å²) >= 11 is 3.27. The first-order valence-electron chi connectivity index (χ1n) is 8.53. The van der Waals surface area contributed by atoms with E-state index in [0.29, 0.717) is 15.7 Å². The lowest BCUT2D eigenvalue weighted by atomic mass is 9.88. The molecule has 7 nitrogen and oxygen atoms in total. The first-order valence-corrected chi connectivity index (χ1v) is 9.32. The molecule has 0 bridgehead atoms. The topological polar surface area (TPSA) is 97.2 Å². The largest absolute Gasteiger partial charge is 0.503 e. The summed E-state index contributed by atoms with van der Waals surface area (Å²) in [4.78, 5) is 28.6. The number of nitrogens with zero attached hydrogens (tertiary/aromatic N) is 1. The van der Waals surface area contributed by atoms with Crippen molar-refractivity contribution in [3.05, 3.63) is 22.2 Å². The van der Waals surface area contributed by atoms with Crippen LogP contribution < -0.4 is 10.1 Å². The SMILES string of the molecule is COc1cc(C2NC(=O)N=C(C)C2C(=O)OC2CCCC2)cc(Br)c1O. The van der Waals surface area contributed by atoms with Gasteiger partial charge in [0.15, 0.2) is 11.5 Å². The second-order valence-corrected chi connectivity index (χ2v) is 7.41. The van der Waals surface area contributed by atoms with Crippen LogP contribution >= 0.6 is 15.9 Å². The third-order valence-electron chi connectivity index (χ3n) is 4.81. The molecular formula is C18H21BrN2O5. The normalized spacial score (nSPS) is 23.3. The lowest BCUT2D eigenvalue weighted by molar-refractivity contribution is -0.152. The van der Waals surface area contributed by atoms with Crippen LogP contribution in [-0.4, -0.2) is 36.0 Å². The number of ether oxygens (including phenoxy) is 2. The van der Waals surface area contributed by atoms with E-state index in [9.17, 15) is 14.7 Å². The summed E-state index contributed by atoms with van der Waals surface area (Å²) in [6, 6.07) is 2.08. The number of carbonyl (C=O) groups excluding carboxylic acids is 2. The fourth-order valence-corrected chi connectivity index (χ4v) is 3.93. The Balaban J connectivity index is 1.94. The quantitative estimate of drug-likeness (QED) is 0.720. The predicted molar refractivity (Wildman–Crippen MR) is 98.6 cm³/mol. The van der Waals surface area contributed by atoms with E-state index < -0.39 is 24.0 Å². The molecule has 2 atom stereocenters. The zero-order valence-corrected chi connectivity index (χ0v) is 16.2. The molecular weight excluding hydrogens is 404 g/mol. The number of carbonyl (C=O) groups is 2. The number of nitrogens with one attached hydrogen (secondary N) is 1. The number of benzene rings is 1. The minimum atomic E-state index is -0.727. The van der Waals surface area contributed by atoms with Gasteiger partial charge in [-0.1, -0.05) is 0 Å². The van der Waals surface area contributed by atoms with E-state index >= 15 is 0 Å². The number of rotatable bonds is 4. The smallest absolute Gasteiger partial charge is 0.341 e. The van der Waals surface area contributed by atoms with Crippen LogP contribution in [0.3, 0.4) is 0 Å². The highest BCUT2D eigenvalue weighted by atomic mass is 79.9. The summed E-state index contributed by atoms with van der Waals surface area (Å²) < 4.78 is 11.2. The zero-order valence-electron chi connectivity index (χ0n) is 14.6. The Bertz CT molecular complexity index is 758. The monoisotopic (exact) mass is 424 g/mol. The molecule has 2 amide bonds. The molecule has 2 aliphatic rings. The highest BCUT2D eigenvalue weighted by molar-refractivity contribution is 9.10. The van der Waals surface area contributed by atoms with Gasteiger partial charge in [-0.2, -0.15) is 0 Å². The maximum Gasteiger partial charge on any atom is 0.341 e. The third-order valence-corrected chi connectivity index (χ3v) is 5.41. The van der Waals surface area contributed by atoms with Gasteiger partial charge in [-0.05, 0) is 66.2 Å². The van der Waals surface area contributed by atoms with Crippen molar-refractivity contribution in [1.82, 2.24) is 5.32 Å². The maximum absolute atomic E-state index is 12.8. The Labute approximate surface area is 159 Å². The molecule has 26 heavy (non-hydrogen) atoms. The molecule has 3 rings (SSSR count). The average Bonchev–Trinajstić information content (AvgIpc) is 3.09. The fraction of sp³-hybridized carbons (Fsp3) is 0.500. The Kier molecular flexibility index (Phi) is 5.50. The van der Waals surface area contributed by atoms with Crippen LogP contribution in [0.5, 0.6) is 11.5 Å². The van der Waals surface area contributed by atoms with Crippen LogP contribution in [0.1, 0.15) is 44.2 Å². The number of amides is 2. The summed E-state index contributed by atoms with van der Waals surface area (Å²) in [5.74, 6) is -0.929. The number of esters is 1. The van der Waals surface area contributed by atoms with Crippen molar-refractivity contribution in [2.24, 2.45) is 10.9 Å². The van der Waals surface area contributed by atoms with Crippen LogP contribution in [0.15, 0.2) is 21.6 Å². The molecule has 8 heteroatoms. The Morgan fingerprint density at radius 3 is 2.69 bits per heavy atom. The summed E-state index contributed by atoms with van der Waals surface area (Å²) in [7, 11) is 1.43. The first kappa shape index (κ1) is 18.7. The molecule has 1 aliphatic heterocycles. The fourth-order valence-electron chi connectivity index (χ4n) is 3.47. The van der Waals surface area contributed by atoms with Gasteiger partial charge in [-0.25, -0.2) is 9.79 Å². The van der Waals surface area contributed by atoms with Crippen LogP contribution in [-0.2, 0) is 9.53 Å². The van der Waals surface area contributed by atoms with E-state index in [0.717, 1.165) is 25.7 Å². The number of aromatic hydroxyl groups is 1. The van der Waals surface area contributed by atoms with Gasteiger partial charge in [0.25, 0.3) is 0 Å². The molecule has 1 aromatic carbocycles. The molecule has 0 saturated heterocycles. The van der Waals surface area contributed by atoms with E-state index in [2.05, 4.69) is 26.2 Å². The van der Waals surface area contributed by atoms with Gasteiger partial charge in [0.2, 0.25) is 0 Å². The summed E-state index contributed by atoms with van der Waals surface area (Å²) in [6.07, 6.45) is 3.76. The molecule has 1 aliphatic carbocycles. The molecule has 1 aromatic rings. The van der Waals surface area contributed by atoms with Gasteiger partial charge in [0.05, 0.1) is 17.6 Å². The first-order chi connectivity index (χ1) is 12.4. The van der Waals surface area contributed by atoms with Gasteiger partial charge in [-0.3, -0.25) is 4.79 Å². The number of halogens is 1. The molecule has 1 saturated carbocycles. The van der Waals surface area contributed by atoms with Crippen LogP contribution in [0.25, 0.3) is 0 Å². The van der Waals surface area contributed by atoms with Gasteiger partial charge >= 0.3 is 12.0 Å².